The van der Waals surface area contributed by atoms with Gasteiger partial charge in [-0.1, -0.05) is 18.7 Å². The van der Waals surface area contributed by atoms with Crippen molar-refractivity contribution in [3.63, 3.8) is 0 Å². The first kappa shape index (κ1) is 14.5. The average molecular weight is 261 g/mol. The highest BCUT2D eigenvalue weighted by molar-refractivity contribution is 5.97. The molecule has 0 fully saturated rings. The van der Waals surface area contributed by atoms with E-state index in [1.54, 1.807) is 6.07 Å². The fraction of sp³-hybridized carbons (Fsp3) is 0.143. The number of hydrogen-bond acceptors (Lipinski definition) is 4. The molecule has 19 heavy (non-hydrogen) atoms. The van der Waals surface area contributed by atoms with Gasteiger partial charge in [-0.2, -0.15) is 5.26 Å². The molecule has 0 radical (unpaired) electrons. The maximum absolute atomic E-state index is 13.4. The summed E-state index contributed by atoms with van der Waals surface area (Å²) in [5.41, 5.74) is 0.150. The van der Waals surface area contributed by atoms with E-state index in [-0.39, 0.29) is 17.9 Å². The van der Waals surface area contributed by atoms with Gasteiger partial charge in [-0.3, -0.25) is 0 Å². The first-order valence-electron chi connectivity index (χ1n) is 5.35. The Morgan fingerprint density at radius 3 is 2.84 bits per heavy atom. The Hall–Kier alpha value is -2.61. The number of halogens is 1. The van der Waals surface area contributed by atoms with Crippen LogP contribution in [0.2, 0.25) is 0 Å². The van der Waals surface area contributed by atoms with Gasteiger partial charge < -0.3 is 9.47 Å². The maximum Gasteiger partial charge on any atom is 0.349 e. The van der Waals surface area contributed by atoms with Crippen LogP contribution in [-0.2, 0) is 9.53 Å². The summed E-state index contributed by atoms with van der Waals surface area (Å²) in [6.45, 7) is 3.40. The Morgan fingerprint density at radius 2 is 2.32 bits per heavy atom. The third kappa shape index (κ3) is 3.96. The molecule has 0 aliphatic heterocycles. The topological polar surface area (TPSA) is 59.3 Å². The summed E-state index contributed by atoms with van der Waals surface area (Å²) < 4.78 is 22.9. The zero-order valence-electron chi connectivity index (χ0n) is 10.4. The van der Waals surface area contributed by atoms with Crippen LogP contribution in [0.25, 0.3) is 6.08 Å². The number of carbonyl (C=O) groups is 1. The Bertz CT molecular complexity index is 558. The van der Waals surface area contributed by atoms with Gasteiger partial charge in [-0.25, -0.2) is 9.18 Å². The molecule has 0 saturated carbocycles. The van der Waals surface area contributed by atoms with Gasteiger partial charge in [-0.15, -0.1) is 0 Å². The third-order valence-electron chi connectivity index (χ3n) is 2.16. The van der Waals surface area contributed by atoms with Crippen LogP contribution in [0, 0.1) is 17.1 Å². The zero-order chi connectivity index (χ0) is 14.3. The number of hydrogen-bond donors (Lipinski definition) is 0. The number of carbonyl (C=O) groups excluding carboxylic acids is 1. The summed E-state index contributed by atoms with van der Waals surface area (Å²) in [5.74, 6) is -1.27. The number of rotatable bonds is 5. The van der Waals surface area contributed by atoms with Crippen molar-refractivity contribution in [3.8, 4) is 11.8 Å². The molecule has 0 atom stereocenters. The van der Waals surface area contributed by atoms with Crippen LogP contribution in [0.5, 0.6) is 5.75 Å². The lowest BCUT2D eigenvalue weighted by atomic mass is 10.1. The fourth-order valence-corrected chi connectivity index (χ4v) is 1.29. The van der Waals surface area contributed by atoms with Gasteiger partial charge in [0.1, 0.15) is 18.2 Å². The van der Waals surface area contributed by atoms with Crippen LogP contribution < -0.4 is 4.74 Å². The summed E-state index contributed by atoms with van der Waals surface area (Å²) in [6, 6.07) is 5.81. The summed E-state index contributed by atoms with van der Waals surface area (Å²) in [7, 11) is 1.35. The predicted molar refractivity (Wildman–Crippen MR) is 67.7 cm³/mol. The monoisotopic (exact) mass is 261 g/mol. The molecular formula is C14H12FNO3. The zero-order valence-corrected chi connectivity index (χ0v) is 10.4. The molecule has 0 bridgehead atoms. The van der Waals surface area contributed by atoms with E-state index in [0.717, 1.165) is 6.07 Å². The normalized spacial score (nSPS) is 10.5. The van der Waals surface area contributed by atoms with Crippen molar-refractivity contribution in [1.29, 1.82) is 5.26 Å². The molecule has 0 aromatic heterocycles. The van der Waals surface area contributed by atoms with Crippen LogP contribution in [0.3, 0.4) is 0 Å². The first-order valence-corrected chi connectivity index (χ1v) is 5.35. The molecule has 1 aromatic rings. The molecular weight excluding hydrogens is 249 g/mol. The lowest BCUT2D eigenvalue weighted by molar-refractivity contribution is -0.137. The quantitative estimate of drug-likeness (QED) is 0.353. The lowest BCUT2D eigenvalue weighted by Crippen LogP contribution is -2.06. The second kappa shape index (κ2) is 6.97. The van der Waals surface area contributed by atoms with E-state index < -0.39 is 11.8 Å². The van der Waals surface area contributed by atoms with Crippen molar-refractivity contribution >= 4 is 12.0 Å². The Balaban J connectivity index is 2.98. The van der Waals surface area contributed by atoms with E-state index in [2.05, 4.69) is 6.58 Å². The number of methoxy groups -OCH3 is 1. The van der Waals surface area contributed by atoms with Crippen molar-refractivity contribution in [2.45, 2.75) is 0 Å². The number of benzene rings is 1. The number of nitriles is 1. The van der Waals surface area contributed by atoms with Gasteiger partial charge in [0.2, 0.25) is 0 Å². The van der Waals surface area contributed by atoms with Gasteiger partial charge in [0, 0.05) is 0 Å². The third-order valence-corrected chi connectivity index (χ3v) is 2.16. The highest BCUT2D eigenvalue weighted by atomic mass is 19.1. The van der Waals surface area contributed by atoms with Gasteiger partial charge in [0.15, 0.2) is 11.6 Å². The second-order valence-electron chi connectivity index (χ2n) is 3.45. The van der Waals surface area contributed by atoms with Crippen LogP contribution in [-0.4, -0.2) is 19.7 Å². The van der Waals surface area contributed by atoms with E-state index >= 15 is 0 Å². The maximum atomic E-state index is 13.4. The minimum absolute atomic E-state index is 0.00876. The smallest absolute Gasteiger partial charge is 0.349 e. The SMILES string of the molecule is C=CCOC(=O)C(C#N)=Cc1ccc(OC)c(F)c1. The number of nitrogens with zero attached hydrogens (tertiary/aromatic N) is 1. The van der Waals surface area contributed by atoms with E-state index in [1.165, 1.54) is 31.4 Å². The van der Waals surface area contributed by atoms with E-state index in [4.69, 9.17) is 14.7 Å². The van der Waals surface area contributed by atoms with Gasteiger partial charge >= 0.3 is 5.97 Å². The molecule has 98 valence electrons. The summed E-state index contributed by atoms with van der Waals surface area (Å²) in [4.78, 5) is 11.5. The van der Waals surface area contributed by atoms with E-state index in [9.17, 15) is 9.18 Å². The Kier molecular flexibility index (Phi) is 5.30. The summed E-state index contributed by atoms with van der Waals surface area (Å²) in [5, 5.41) is 8.86. The van der Waals surface area contributed by atoms with E-state index in [0.29, 0.717) is 5.56 Å². The summed E-state index contributed by atoms with van der Waals surface area (Å²) >= 11 is 0. The van der Waals surface area contributed by atoms with Gasteiger partial charge in [0.05, 0.1) is 7.11 Å². The van der Waals surface area contributed by atoms with Crippen molar-refractivity contribution in [1.82, 2.24) is 0 Å². The minimum atomic E-state index is -0.779. The minimum Gasteiger partial charge on any atom is -0.494 e. The van der Waals surface area contributed by atoms with Crippen molar-refractivity contribution in [3.05, 3.63) is 47.8 Å². The predicted octanol–water partition coefficient (Wildman–Crippen LogP) is 2.47. The second-order valence-corrected chi connectivity index (χ2v) is 3.45. The molecule has 4 nitrogen and oxygen atoms in total. The Labute approximate surface area is 110 Å². The largest absolute Gasteiger partial charge is 0.494 e. The molecule has 0 saturated heterocycles. The lowest BCUT2D eigenvalue weighted by Gasteiger charge is -2.03. The Morgan fingerprint density at radius 1 is 1.58 bits per heavy atom. The molecule has 1 rings (SSSR count). The molecule has 0 unspecified atom stereocenters. The molecule has 1 aromatic carbocycles. The van der Waals surface area contributed by atoms with Crippen LogP contribution in [0.4, 0.5) is 4.39 Å². The van der Waals surface area contributed by atoms with Crippen molar-refractivity contribution in [2.24, 2.45) is 0 Å². The summed E-state index contributed by atoms with van der Waals surface area (Å²) in [6.07, 6.45) is 2.63. The highest BCUT2D eigenvalue weighted by Gasteiger charge is 2.10. The van der Waals surface area contributed by atoms with E-state index in [1.807, 2.05) is 0 Å². The molecule has 0 N–H and O–H groups in total. The molecule has 0 heterocycles. The van der Waals surface area contributed by atoms with Crippen LogP contribution in [0.1, 0.15) is 5.56 Å². The molecule has 0 aliphatic rings. The van der Waals surface area contributed by atoms with Gasteiger partial charge in [0.25, 0.3) is 0 Å². The fourth-order valence-electron chi connectivity index (χ4n) is 1.29. The molecule has 0 aliphatic carbocycles. The van der Waals surface area contributed by atoms with Crippen molar-refractivity contribution in [2.75, 3.05) is 13.7 Å². The average Bonchev–Trinajstić information content (AvgIpc) is 2.42. The van der Waals surface area contributed by atoms with Crippen molar-refractivity contribution < 1.29 is 18.7 Å². The molecule has 5 heteroatoms. The highest BCUT2D eigenvalue weighted by Crippen LogP contribution is 2.19. The standard InChI is InChI=1S/C14H12FNO3/c1-3-6-19-14(17)11(9-16)7-10-4-5-13(18-2)12(15)8-10/h3-5,7-8H,1,6H2,2H3. The van der Waals surface area contributed by atoms with Gasteiger partial charge in [-0.05, 0) is 23.8 Å². The molecule has 0 spiro atoms. The molecule has 0 amide bonds. The first-order chi connectivity index (χ1) is 9.12. The van der Waals surface area contributed by atoms with Crippen LogP contribution in [0.15, 0.2) is 36.4 Å². The van der Waals surface area contributed by atoms with Crippen LogP contribution >= 0.6 is 0 Å². The number of esters is 1. The number of ether oxygens (including phenoxy) is 2.